The molecule has 3 rings (SSSR count). The Kier molecular flexibility index (Phi) is 2.08. The van der Waals surface area contributed by atoms with Crippen LogP contribution in [0.4, 0.5) is 0 Å². The van der Waals surface area contributed by atoms with Crippen LogP contribution in [0.1, 0.15) is 25.0 Å². The predicted molar refractivity (Wildman–Crippen MR) is 57.3 cm³/mol. The number of hydrogen-bond acceptors (Lipinski definition) is 2. The molecule has 1 aromatic rings. The lowest BCUT2D eigenvalue weighted by Crippen LogP contribution is -2.09. The molecule has 2 aliphatic carbocycles. The van der Waals surface area contributed by atoms with Crippen LogP contribution in [0.15, 0.2) is 24.4 Å². The van der Waals surface area contributed by atoms with Gasteiger partial charge < -0.3 is 0 Å². The minimum Gasteiger partial charge on any atom is -0.299 e. The maximum atomic E-state index is 11.9. The second-order valence-corrected chi connectivity index (χ2v) is 4.75. The molecule has 0 N–H and O–H groups in total. The highest BCUT2D eigenvalue weighted by atomic mass is 16.1. The fourth-order valence-corrected chi connectivity index (χ4v) is 3.10. The largest absolute Gasteiger partial charge is 0.299 e. The van der Waals surface area contributed by atoms with Gasteiger partial charge in [0.1, 0.15) is 5.78 Å². The summed E-state index contributed by atoms with van der Waals surface area (Å²) in [5, 5.41) is 0. The first-order chi connectivity index (χ1) is 7.36. The summed E-state index contributed by atoms with van der Waals surface area (Å²) in [7, 11) is 0. The van der Waals surface area contributed by atoms with E-state index in [1.165, 1.54) is 19.3 Å². The van der Waals surface area contributed by atoms with Crippen molar-refractivity contribution >= 4 is 5.78 Å². The molecule has 2 aliphatic rings. The van der Waals surface area contributed by atoms with Gasteiger partial charge in [0.05, 0.1) is 0 Å². The van der Waals surface area contributed by atoms with Gasteiger partial charge in [0.15, 0.2) is 0 Å². The number of ketones is 1. The zero-order valence-electron chi connectivity index (χ0n) is 8.73. The van der Waals surface area contributed by atoms with E-state index in [0.717, 1.165) is 17.5 Å². The molecule has 15 heavy (non-hydrogen) atoms. The molecular weight excluding hydrogens is 186 g/mol. The average molecular weight is 201 g/mol. The Bertz CT molecular complexity index is 363. The Balaban J connectivity index is 1.63. The highest BCUT2D eigenvalue weighted by Crippen LogP contribution is 2.57. The first-order valence-electron chi connectivity index (χ1n) is 5.79. The normalized spacial score (nSPS) is 32.4. The van der Waals surface area contributed by atoms with Gasteiger partial charge in [-0.25, -0.2) is 0 Å². The summed E-state index contributed by atoms with van der Waals surface area (Å²) in [5.41, 5.74) is 0.924. The number of aromatic nitrogens is 1. The highest BCUT2D eigenvalue weighted by molar-refractivity contribution is 5.86. The SMILES string of the molecule is O=C(Cc1ccccn1)C1C2CCCC21. The van der Waals surface area contributed by atoms with Crippen LogP contribution in [0.5, 0.6) is 0 Å². The van der Waals surface area contributed by atoms with Crippen LogP contribution in [0, 0.1) is 17.8 Å². The van der Waals surface area contributed by atoms with Crippen molar-refractivity contribution in [3.8, 4) is 0 Å². The summed E-state index contributed by atoms with van der Waals surface area (Å²) in [6.45, 7) is 0. The molecule has 1 aromatic heterocycles. The number of Topliss-reactive ketones (excluding diaryl/α,β-unsaturated/α-hetero) is 1. The predicted octanol–water partition coefficient (Wildman–Crippen LogP) is 2.24. The molecule has 2 heteroatoms. The fourth-order valence-electron chi connectivity index (χ4n) is 3.10. The van der Waals surface area contributed by atoms with E-state index in [4.69, 9.17) is 0 Å². The van der Waals surface area contributed by atoms with E-state index in [0.29, 0.717) is 18.1 Å². The van der Waals surface area contributed by atoms with Crippen LogP contribution in [0.3, 0.4) is 0 Å². The Morgan fingerprint density at radius 2 is 2.13 bits per heavy atom. The van der Waals surface area contributed by atoms with Crippen LogP contribution in [-0.2, 0) is 11.2 Å². The number of hydrogen-bond donors (Lipinski definition) is 0. The number of nitrogens with zero attached hydrogens (tertiary/aromatic N) is 1. The summed E-state index contributed by atoms with van der Waals surface area (Å²) in [6.07, 6.45) is 6.20. The molecule has 0 spiro atoms. The minimum atomic E-state index is 0.390. The zero-order valence-corrected chi connectivity index (χ0v) is 8.73. The Morgan fingerprint density at radius 1 is 1.33 bits per heavy atom. The topological polar surface area (TPSA) is 30.0 Å². The summed E-state index contributed by atoms with van der Waals surface area (Å²) in [4.78, 5) is 16.2. The van der Waals surface area contributed by atoms with Crippen LogP contribution >= 0.6 is 0 Å². The Morgan fingerprint density at radius 3 is 2.80 bits per heavy atom. The van der Waals surface area contributed by atoms with Crippen LogP contribution in [0.2, 0.25) is 0 Å². The zero-order chi connectivity index (χ0) is 10.3. The van der Waals surface area contributed by atoms with Crippen LogP contribution < -0.4 is 0 Å². The number of pyridine rings is 1. The summed E-state index contributed by atoms with van der Waals surface area (Å²) >= 11 is 0. The van der Waals surface area contributed by atoms with E-state index < -0.39 is 0 Å². The van der Waals surface area contributed by atoms with E-state index in [-0.39, 0.29) is 0 Å². The van der Waals surface area contributed by atoms with E-state index in [2.05, 4.69) is 4.98 Å². The summed E-state index contributed by atoms with van der Waals surface area (Å²) in [5.74, 6) is 2.28. The van der Waals surface area contributed by atoms with Crippen molar-refractivity contribution < 1.29 is 4.79 Å². The fraction of sp³-hybridized carbons (Fsp3) is 0.538. The highest BCUT2D eigenvalue weighted by Gasteiger charge is 2.55. The van der Waals surface area contributed by atoms with E-state index in [9.17, 15) is 4.79 Å². The maximum Gasteiger partial charge on any atom is 0.142 e. The van der Waals surface area contributed by atoms with Gasteiger partial charge in [-0.15, -0.1) is 0 Å². The second-order valence-electron chi connectivity index (χ2n) is 4.75. The molecular formula is C13H15NO. The van der Waals surface area contributed by atoms with Gasteiger partial charge in [-0.3, -0.25) is 9.78 Å². The molecule has 1 heterocycles. The second kappa shape index (κ2) is 3.44. The molecule has 0 radical (unpaired) electrons. The lowest BCUT2D eigenvalue weighted by Gasteiger charge is -2.02. The van der Waals surface area contributed by atoms with Crippen molar-refractivity contribution in [3.05, 3.63) is 30.1 Å². The van der Waals surface area contributed by atoms with Gasteiger partial charge in [0.25, 0.3) is 0 Å². The molecule has 2 atom stereocenters. The number of carbonyl (C=O) groups excluding carboxylic acids is 1. The first kappa shape index (κ1) is 9.08. The van der Waals surface area contributed by atoms with E-state index in [1.54, 1.807) is 6.20 Å². The molecule has 0 amide bonds. The van der Waals surface area contributed by atoms with Crippen LogP contribution in [-0.4, -0.2) is 10.8 Å². The van der Waals surface area contributed by atoms with Gasteiger partial charge in [0.2, 0.25) is 0 Å². The van der Waals surface area contributed by atoms with Gasteiger partial charge in [-0.05, 0) is 36.8 Å². The lowest BCUT2D eigenvalue weighted by atomic mass is 10.0. The number of fused-ring (bicyclic) bond motifs is 1. The smallest absolute Gasteiger partial charge is 0.142 e. The Labute approximate surface area is 89.7 Å². The molecule has 0 bridgehead atoms. The third-order valence-corrected chi connectivity index (χ3v) is 3.86. The molecule has 2 nitrogen and oxygen atoms in total. The Hall–Kier alpha value is -1.18. The lowest BCUT2D eigenvalue weighted by molar-refractivity contribution is -0.120. The molecule has 2 fully saturated rings. The number of rotatable bonds is 3. The van der Waals surface area contributed by atoms with Crippen molar-refractivity contribution in [1.29, 1.82) is 0 Å². The molecule has 2 unspecified atom stereocenters. The van der Waals surface area contributed by atoms with E-state index >= 15 is 0 Å². The van der Waals surface area contributed by atoms with E-state index in [1.807, 2.05) is 18.2 Å². The van der Waals surface area contributed by atoms with Crippen LogP contribution in [0.25, 0.3) is 0 Å². The van der Waals surface area contributed by atoms with Gasteiger partial charge >= 0.3 is 0 Å². The molecule has 0 saturated heterocycles. The van der Waals surface area contributed by atoms with Crippen molar-refractivity contribution in [1.82, 2.24) is 4.98 Å². The first-order valence-corrected chi connectivity index (χ1v) is 5.79. The third kappa shape index (κ3) is 1.58. The summed E-state index contributed by atoms with van der Waals surface area (Å²) in [6, 6.07) is 5.78. The summed E-state index contributed by atoms with van der Waals surface area (Å²) < 4.78 is 0. The maximum absolute atomic E-state index is 11.9. The third-order valence-electron chi connectivity index (χ3n) is 3.86. The standard InChI is InChI=1S/C13H15NO/c15-12(8-9-4-1-2-7-14-9)13-10-5-3-6-11(10)13/h1-2,4,7,10-11,13H,3,5-6,8H2. The molecule has 0 aromatic carbocycles. The molecule has 2 saturated carbocycles. The number of carbonyl (C=O) groups is 1. The van der Waals surface area contributed by atoms with Crippen molar-refractivity contribution in [2.75, 3.05) is 0 Å². The molecule has 78 valence electrons. The quantitative estimate of drug-likeness (QED) is 0.750. The van der Waals surface area contributed by atoms with Crippen molar-refractivity contribution in [2.24, 2.45) is 17.8 Å². The van der Waals surface area contributed by atoms with Gasteiger partial charge in [-0.1, -0.05) is 12.5 Å². The molecule has 0 aliphatic heterocycles. The minimum absolute atomic E-state index is 0.390. The van der Waals surface area contributed by atoms with Crippen molar-refractivity contribution in [2.45, 2.75) is 25.7 Å². The van der Waals surface area contributed by atoms with Crippen molar-refractivity contribution in [3.63, 3.8) is 0 Å². The van der Waals surface area contributed by atoms with Gasteiger partial charge in [0, 0.05) is 24.2 Å². The average Bonchev–Trinajstić information content (AvgIpc) is 2.75. The monoisotopic (exact) mass is 201 g/mol. The van der Waals surface area contributed by atoms with Gasteiger partial charge in [-0.2, -0.15) is 0 Å².